The van der Waals surface area contributed by atoms with Crippen molar-refractivity contribution in [2.45, 2.75) is 46.3 Å². The first-order valence-corrected chi connectivity index (χ1v) is 7.87. The predicted molar refractivity (Wildman–Crippen MR) is 84.4 cm³/mol. The summed E-state index contributed by atoms with van der Waals surface area (Å²) in [5, 5.41) is 3.22. The lowest BCUT2D eigenvalue weighted by Crippen LogP contribution is -2.18. The third-order valence-corrected chi connectivity index (χ3v) is 4.08. The number of thiazole rings is 1. The lowest BCUT2D eigenvalue weighted by molar-refractivity contribution is 0.298. The molecular weight excluding hydrogens is 268 g/mol. The van der Waals surface area contributed by atoms with Gasteiger partial charge in [-0.3, -0.25) is 0 Å². The monoisotopic (exact) mass is 290 g/mol. The van der Waals surface area contributed by atoms with Crippen LogP contribution in [0, 0.1) is 6.92 Å². The molecule has 1 unspecified atom stereocenters. The zero-order valence-corrected chi connectivity index (χ0v) is 13.2. The van der Waals surface area contributed by atoms with E-state index in [1.54, 1.807) is 11.3 Å². The maximum absolute atomic E-state index is 5.93. The van der Waals surface area contributed by atoms with Crippen molar-refractivity contribution < 1.29 is 4.74 Å². The first-order valence-electron chi connectivity index (χ1n) is 6.99. The third-order valence-electron chi connectivity index (χ3n) is 3.04. The molecule has 0 spiro atoms. The second-order valence-electron chi connectivity index (χ2n) is 5.17. The number of hydrogen-bond donors (Lipinski definition) is 1. The molecule has 0 aliphatic rings. The molecule has 0 aliphatic heterocycles. The third kappa shape index (κ3) is 4.05. The Morgan fingerprint density at radius 1 is 1.40 bits per heavy atom. The quantitative estimate of drug-likeness (QED) is 0.886. The molecule has 20 heavy (non-hydrogen) atoms. The van der Waals surface area contributed by atoms with Crippen LogP contribution in [-0.2, 0) is 19.4 Å². The summed E-state index contributed by atoms with van der Waals surface area (Å²) in [7, 11) is 0. The van der Waals surface area contributed by atoms with Gasteiger partial charge in [0.15, 0.2) is 0 Å². The van der Waals surface area contributed by atoms with Crippen molar-refractivity contribution in [1.29, 1.82) is 0 Å². The van der Waals surface area contributed by atoms with Crippen LogP contribution in [0.15, 0.2) is 23.6 Å². The summed E-state index contributed by atoms with van der Waals surface area (Å²) in [5.74, 6) is 0.916. The Balaban J connectivity index is 2.08. The minimum atomic E-state index is 0.130. The lowest BCUT2D eigenvalue weighted by atomic mass is 10.0. The topological polar surface area (TPSA) is 48.1 Å². The zero-order chi connectivity index (χ0) is 14.5. The number of benzene rings is 1. The normalized spacial score (nSPS) is 12.4. The van der Waals surface area contributed by atoms with E-state index < -0.39 is 0 Å². The van der Waals surface area contributed by atoms with E-state index in [2.05, 4.69) is 36.3 Å². The van der Waals surface area contributed by atoms with Gasteiger partial charge < -0.3 is 10.5 Å². The second-order valence-corrected chi connectivity index (χ2v) is 6.11. The Kier molecular flexibility index (Phi) is 5.15. The summed E-state index contributed by atoms with van der Waals surface area (Å²) < 4.78 is 5.93. The van der Waals surface area contributed by atoms with Gasteiger partial charge in [0.2, 0.25) is 0 Å². The van der Waals surface area contributed by atoms with Crippen molar-refractivity contribution in [2.75, 3.05) is 0 Å². The fourth-order valence-corrected chi connectivity index (χ4v) is 2.81. The van der Waals surface area contributed by atoms with Crippen LogP contribution >= 0.6 is 11.3 Å². The number of nitrogens with zero attached hydrogens (tertiary/aromatic N) is 1. The minimum Gasteiger partial charge on any atom is -0.487 e. The number of aryl methyl sites for hydroxylation is 2. The average molecular weight is 290 g/mol. The number of ether oxygens (including phenoxy) is 1. The molecule has 1 atom stereocenters. The number of nitrogens with two attached hydrogens (primary N) is 1. The largest absolute Gasteiger partial charge is 0.487 e. The van der Waals surface area contributed by atoms with Crippen molar-refractivity contribution in [1.82, 2.24) is 4.98 Å². The Morgan fingerprint density at radius 2 is 2.20 bits per heavy atom. The standard InChI is InChI=1S/C16H22N2OS/c1-4-16-18-14(10-20-16)9-19-15-6-5-11(2)7-13(15)8-12(3)17/h5-7,10,12H,4,8-9,17H2,1-3H3. The van der Waals surface area contributed by atoms with E-state index in [4.69, 9.17) is 10.5 Å². The summed E-state index contributed by atoms with van der Waals surface area (Å²) in [6.45, 7) is 6.73. The number of rotatable bonds is 6. The fourth-order valence-electron chi connectivity index (χ4n) is 2.08. The summed E-state index contributed by atoms with van der Waals surface area (Å²) in [4.78, 5) is 4.52. The molecule has 0 radical (unpaired) electrons. The highest BCUT2D eigenvalue weighted by Crippen LogP contribution is 2.23. The molecule has 0 saturated heterocycles. The fraction of sp³-hybridized carbons (Fsp3) is 0.438. The Morgan fingerprint density at radius 3 is 2.85 bits per heavy atom. The first-order chi connectivity index (χ1) is 9.58. The first kappa shape index (κ1) is 15.0. The second kappa shape index (κ2) is 6.86. The molecule has 2 aromatic rings. The highest BCUT2D eigenvalue weighted by Gasteiger charge is 2.08. The number of hydrogen-bond acceptors (Lipinski definition) is 4. The van der Waals surface area contributed by atoms with Crippen LogP contribution in [0.25, 0.3) is 0 Å². The molecule has 2 N–H and O–H groups in total. The predicted octanol–water partition coefficient (Wildman–Crippen LogP) is 3.48. The molecular formula is C16H22N2OS. The molecule has 108 valence electrons. The van der Waals surface area contributed by atoms with E-state index in [1.807, 2.05) is 13.0 Å². The van der Waals surface area contributed by atoms with Crippen LogP contribution < -0.4 is 10.5 Å². The van der Waals surface area contributed by atoms with Gasteiger partial charge in [-0.25, -0.2) is 4.98 Å². The zero-order valence-electron chi connectivity index (χ0n) is 12.3. The van der Waals surface area contributed by atoms with Gasteiger partial charge in [-0.15, -0.1) is 11.3 Å². The minimum absolute atomic E-state index is 0.130. The molecule has 2 rings (SSSR count). The summed E-state index contributed by atoms with van der Waals surface area (Å²) in [5.41, 5.74) is 9.31. The van der Waals surface area contributed by atoms with Gasteiger partial charge in [-0.05, 0) is 38.3 Å². The Labute approximate surface area is 124 Å². The van der Waals surface area contributed by atoms with Crippen LogP contribution in [0.4, 0.5) is 0 Å². The Hall–Kier alpha value is -1.39. The van der Waals surface area contributed by atoms with Gasteiger partial charge in [0, 0.05) is 11.4 Å². The van der Waals surface area contributed by atoms with Crippen LogP contribution in [0.2, 0.25) is 0 Å². The molecule has 0 saturated carbocycles. The van der Waals surface area contributed by atoms with Gasteiger partial charge in [0.05, 0.1) is 10.7 Å². The molecule has 0 aliphatic carbocycles. The van der Waals surface area contributed by atoms with Gasteiger partial charge in [-0.1, -0.05) is 24.6 Å². The van der Waals surface area contributed by atoms with Gasteiger partial charge in [0.1, 0.15) is 12.4 Å². The maximum Gasteiger partial charge on any atom is 0.131 e. The van der Waals surface area contributed by atoms with Crippen LogP contribution in [0.3, 0.4) is 0 Å². The molecule has 0 fully saturated rings. The van der Waals surface area contributed by atoms with Gasteiger partial charge >= 0.3 is 0 Å². The molecule has 1 aromatic carbocycles. The van der Waals surface area contributed by atoms with Crippen LogP contribution in [0.5, 0.6) is 5.75 Å². The van der Waals surface area contributed by atoms with Crippen molar-refractivity contribution in [2.24, 2.45) is 5.73 Å². The molecule has 0 amide bonds. The van der Waals surface area contributed by atoms with E-state index in [9.17, 15) is 0 Å². The Bertz CT molecular complexity index is 563. The SMILES string of the molecule is CCc1nc(COc2ccc(C)cc2CC(C)N)cs1. The van der Waals surface area contributed by atoms with Crippen molar-refractivity contribution in [3.05, 3.63) is 45.4 Å². The van der Waals surface area contributed by atoms with Crippen LogP contribution in [0.1, 0.15) is 35.7 Å². The van der Waals surface area contributed by atoms with Crippen molar-refractivity contribution in [3.63, 3.8) is 0 Å². The van der Waals surface area contributed by atoms with Crippen LogP contribution in [-0.4, -0.2) is 11.0 Å². The average Bonchev–Trinajstić information content (AvgIpc) is 2.85. The van der Waals surface area contributed by atoms with Gasteiger partial charge in [0.25, 0.3) is 0 Å². The highest BCUT2D eigenvalue weighted by molar-refractivity contribution is 7.09. The lowest BCUT2D eigenvalue weighted by Gasteiger charge is -2.13. The van der Waals surface area contributed by atoms with E-state index in [0.29, 0.717) is 6.61 Å². The molecule has 3 nitrogen and oxygen atoms in total. The highest BCUT2D eigenvalue weighted by atomic mass is 32.1. The van der Waals surface area contributed by atoms with E-state index in [1.165, 1.54) is 11.1 Å². The molecule has 0 bridgehead atoms. The van der Waals surface area contributed by atoms with E-state index in [0.717, 1.165) is 29.3 Å². The van der Waals surface area contributed by atoms with Gasteiger partial charge in [-0.2, -0.15) is 0 Å². The molecule has 1 aromatic heterocycles. The van der Waals surface area contributed by atoms with Crippen molar-refractivity contribution >= 4 is 11.3 Å². The summed E-state index contributed by atoms with van der Waals surface area (Å²) >= 11 is 1.69. The molecule has 1 heterocycles. The summed E-state index contributed by atoms with van der Waals surface area (Å²) in [6.07, 6.45) is 1.80. The smallest absolute Gasteiger partial charge is 0.131 e. The molecule has 4 heteroatoms. The van der Waals surface area contributed by atoms with E-state index in [-0.39, 0.29) is 6.04 Å². The summed E-state index contributed by atoms with van der Waals surface area (Å²) in [6, 6.07) is 6.38. The maximum atomic E-state index is 5.93. The van der Waals surface area contributed by atoms with E-state index >= 15 is 0 Å². The number of aromatic nitrogens is 1. The van der Waals surface area contributed by atoms with Crippen molar-refractivity contribution in [3.8, 4) is 5.75 Å².